The Morgan fingerprint density at radius 3 is 2.77 bits per heavy atom. The first kappa shape index (κ1) is 23.9. The van der Waals surface area contributed by atoms with Crippen molar-refractivity contribution in [2.75, 3.05) is 30.4 Å². The van der Waals surface area contributed by atoms with Crippen molar-refractivity contribution in [2.45, 2.75) is 18.9 Å². The van der Waals surface area contributed by atoms with Gasteiger partial charge in [-0.2, -0.15) is 0 Å². The molecule has 9 nitrogen and oxygen atoms in total. The fourth-order valence-corrected chi connectivity index (χ4v) is 6.37. The minimum atomic E-state index is -1.29. The highest BCUT2D eigenvalue weighted by molar-refractivity contribution is 6.39. The van der Waals surface area contributed by atoms with E-state index in [9.17, 15) is 14.7 Å². The Bertz CT molecular complexity index is 1930. The largest absolute Gasteiger partial charge is 0.477 e. The Morgan fingerprint density at radius 2 is 2.08 bits per heavy atom. The number of nitrogens with zero attached hydrogens (tertiary/aromatic N) is 3. The molecule has 5 N–H and O–H groups in total. The molecule has 0 radical (unpaired) electrons. The lowest BCUT2D eigenvalue weighted by molar-refractivity contribution is 0.0694. The van der Waals surface area contributed by atoms with Gasteiger partial charge in [-0.15, -0.1) is 0 Å². The van der Waals surface area contributed by atoms with E-state index in [1.807, 2.05) is 6.07 Å². The molecule has 11 heteroatoms. The number of nitrogens with one attached hydrogen (secondary N) is 2. The standard InChI is InChI=1S/C28H24ClFN6O3/c1-32-18-8-17(30)22(29)20-21-24(35-7-6-28(12-35)9-19(28)31)16(10-33-25(21)34-23(18)20)13-2-3-14-4-5-15(27(38)39)26(37)36(14)11-13/h2-5,8,10-11,19,32H,6-7,9,12,31H2,1H3,(H,33,34)(H,38,39)/t19-,28+/m0/s1. The number of rotatable bonds is 4. The van der Waals surface area contributed by atoms with Gasteiger partial charge in [0.25, 0.3) is 5.56 Å². The molecular weight excluding hydrogens is 523 g/mol. The molecule has 1 aliphatic heterocycles. The molecule has 5 aromatic rings. The number of H-pyrrole nitrogens is 1. The summed E-state index contributed by atoms with van der Waals surface area (Å²) in [6, 6.07) is 8.02. The Labute approximate surface area is 226 Å². The lowest BCUT2D eigenvalue weighted by Gasteiger charge is -2.24. The highest BCUT2D eigenvalue weighted by atomic mass is 35.5. The van der Waals surface area contributed by atoms with Crippen LogP contribution in [-0.4, -0.2) is 51.6 Å². The molecule has 1 spiro atoms. The average Bonchev–Trinajstić information content (AvgIpc) is 3.23. The maximum absolute atomic E-state index is 15.0. The molecule has 1 aliphatic carbocycles. The second-order valence-corrected chi connectivity index (χ2v) is 10.9. The molecule has 198 valence electrons. The Morgan fingerprint density at radius 1 is 1.31 bits per heavy atom. The summed E-state index contributed by atoms with van der Waals surface area (Å²) in [5.41, 5.74) is 9.93. The van der Waals surface area contributed by atoms with Gasteiger partial charge in [-0.3, -0.25) is 9.20 Å². The van der Waals surface area contributed by atoms with E-state index in [1.165, 1.54) is 16.5 Å². The number of hydrogen-bond donors (Lipinski definition) is 4. The maximum Gasteiger partial charge on any atom is 0.341 e. The van der Waals surface area contributed by atoms with Gasteiger partial charge in [0.15, 0.2) is 0 Å². The number of aromatic nitrogens is 3. The third-order valence-electron chi connectivity index (χ3n) is 8.38. The zero-order valence-corrected chi connectivity index (χ0v) is 21.6. The predicted octanol–water partition coefficient (Wildman–Crippen LogP) is 4.46. The van der Waals surface area contributed by atoms with Crippen LogP contribution in [0, 0.1) is 11.2 Å². The molecule has 2 atom stereocenters. The van der Waals surface area contributed by atoms with Gasteiger partial charge in [0.2, 0.25) is 0 Å². The summed E-state index contributed by atoms with van der Waals surface area (Å²) in [4.78, 5) is 34.9. The van der Waals surface area contributed by atoms with Crippen LogP contribution in [-0.2, 0) is 0 Å². The van der Waals surface area contributed by atoms with E-state index in [2.05, 4.69) is 15.2 Å². The molecule has 0 unspecified atom stereocenters. The first-order chi connectivity index (χ1) is 18.7. The van der Waals surface area contributed by atoms with E-state index >= 15 is 4.39 Å². The van der Waals surface area contributed by atoms with Crippen molar-refractivity contribution in [3.63, 3.8) is 0 Å². The number of nitrogens with two attached hydrogens (primary N) is 1. The van der Waals surface area contributed by atoms with Crippen molar-refractivity contribution in [3.05, 3.63) is 69.5 Å². The number of halogens is 2. The van der Waals surface area contributed by atoms with Crippen LogP contribution >= 0.6 is 11.6 Å². The molecule has 4 aromatic heterocycles. The Kier molecular flexibility index (Phi) is 5.02. The lowest BCUT2D eigenvalue weighted by Crippen LogP contribution is -2.24. The van der Waals surface area contributed by atoms with Crippen molar-refractivity contribution < 1.29 is 14.3 Å². The van der Waals surface area contributed by atoms with E-state index in [-0.39, 0.29) is 22.0 Å². The molecule has 1 saturated carbocycles. The lowest BCUT2D eigenvalue weighted by atomic mass is 10.0. The van der Waals surface area contributed by atoms with Gasteiger partial charge in [0.1, 0.15) is 17.0 Å². The molecule has 0 bridgehead atoms. The second kappa shape index (κ2) is 8.17. The van der Waals surface area contributed by atoms with Gasteiger partial charge in [-0.05, 0) is 31.0 Å². The summed E-state index contributed by atoms with van der Waals surface area (Å²) in [5.74, 6) is -1.84. The molecule has 0 amide bonds. The monoisotopic (exact) mass is 546 g/mol. The van der Waals surface area contributed by atoms with Gasteiger partial charge in [-0.25, -0.2) is 14.2 Å². The number of carboxylic acid groups (broad SMARTS) is 1. The summed E-state index contributed by atoms with van der Waals surface area (Å²) in [6.07, 6.45) is 5.23. The molecule has 1 saturated heterocycles. The molecule has 39 heavy (non-hydrogen) atoms. The Balaban J connectivity index is 1.55. The number of carboxylic acids is 1. The van der Waals surface area contributed by atoms with E-state index in [0.29, 0.717) is 38.7 Å². The molecule has 2 aliphatic rings. The number of carbonyl (C=O) groups is 1. The van der Waals surface area contributed by atoms with Crippen LogP contribution in [0.25, 0.3) is 38.6 Å². The average molecular weight is 547 g/mol. The zero-order chi connectivity index (χ0) is 27.2. The highest BCUT2D eigenvalue weighted by Crippen LogP contribution is 2.54. The van der Waals surface area contributed by atoms with Crippen molar-refractivity contribution in [1.82, 2.24) is 14.4 Å². The topological polar surface area (TPSA) is 129 Å². The van der Waals surface area contributed by atoms with Crippen molar-refractivity contribution in [2.24, 2.45) is 11.1 Å². The number of pyridine rings is 3. The fraction of sp³-hybridized carbons (Fsp3) is 0.250. The third kappa shape index (κ3) is 3.38. The van der Waals surface area contributed by atoms with Gasteiger partial charge in [0, 0.05) is 72.1 Å². The highest BCUT2D eigenvalue weighted by Gasteiger charge is 2.55. The van der Waals surface area contributed by atoms with Crippen LogP contribution in [0.5, 0.6) is 0 Å². The molecular formula is C28H24ClFN6O3. The van der Waals surface area contributed by atoms with E-state index in [4.69, 9.17) is 22.3 Å². The molecule has 1 aromatic carbocycles. The SMILES string of the molecule is CNc1cc(F)c(Cl)c2c1[nH]c1ncc(-c3ccc4ccc(C(=O)O)c(=O)n4c3)c(N3CC[C@@]4(C[C@@H]4N)C3)c12. The minimum Gasteiger partial charge on any atom is -0.477 e. The second-order valence-electron chi connectivity index (χ2n) is 10.5. The van der Waals surface area contributed by atoms with Gasteiger partial charge < -0.3 is 26.0 Å². The summed E-state index contributed by atoms with van der Waals surface area (Å²) in [6.45, 7) is 1.48. The van der Waals surface area contributed by atoms with Crippen molar-refractivity contribution in [1.29, 1.82) is 0 Å². The first-order valence-corrected chi connectivity index (χ1v) is 13.0. The number of aromatic carboxylic acids is 1. The number of fused-ring (bicyclic) bond motifs is 4. The van der Waals surface area contributed by atoms with E-state index in [0.717, 1.165) is 37.2 Å². The van der Waals surface area contributed by atoms with Crippen LogP contribution in [0.2, 0.25) is 5.02 Å². The number of hydrogen-bond acceptors (Lipinski definition) is 6. The van der Waals surface area contributed by atoms with Crippen LogP contribution < -0.4 is 21.5 Å². The maximum atomic E-state index is 15.0. The van der Waals surface area contributed by atoms with Gasteiger partial charge >= 0.3 is 5.97 Å². The summed E-state index contributed by atoms with van der Waals surface area (Å²) >= 11 is 6.60. The van der Waals surface area contributed by atoms with Gasteiger partial charge in [-0.1, -0.05) is 17.7 Å². The van der Waals surface area contributed by atoms with E-state index < -0.39 is 17.3 Å². The van der Waals surface area contributed by atoms with Gasteiger partial charge in [0.05, 0.1) is 27.3 Å². The van der Waals surface area contributed by atoms with Crippen LogP contribution in [0.3, 0.4) is 0 Å². The van der Waals surface area contributed by atoms with Crippen LogP contribution in [0.4, 0.5) is 15.8 Å². The molecule has 5 heterocycles. The number of anilines is 2. The van der Waals surface area contributed by atoms with Crippen molar-refractivity contribution >= 4 is 56.4 Å². The summed E-state index contributed by atoms with van der Waals surface area (Å²) < 4.78 is 16.3. The predicted molar refractivity (Wildman–Crippen MR) is 150 cm³/mol. The summed E-state index contributed by atoms with van der Waals surface area (Å²) in [7, 11) is 1.71. The number of benzene rings is 1. The smallest absolute Gasteiger partial charge is 0.341 e. The van der Waals surface area contributed by atoms with Crippen LogP contribution in [0.1, 0.15) is 23.2 Å². The molecule has 7 rings (SSSR count). The minimum absolute atomic E-state index is 0.00619. The molecule has 2 fully saturated rings. The van der Waals surface area contributed by atoms with E-state index in [1.54, 1.807) is 31.6 Å². The van der Waals surface area contributed by atoms with Crippen molar-refractivity contribution in [3.8, 4) is 11.1 Å². The third-order valence-corrected chi connectivity index (χ3v) is 8.75. The fourth-order valence-electron chi connectivity index (χ4n) is 6.13. The number of aromatic amines is 1. The normalized spacial score (nSPS) is 20.5. The summed E-state index contributed by atoms with van der Waals surface area (Å²) in [5, 5.41) is 13.7. The van der Waals surface area contributed by atoms with Crippen LogP contribution in [0.15, 0.2) is 47.5 Å². The first-order valence-electron chi connectivity index (χ1n) is 12.6. The Hall–Kier alpha value is -4.15. The quantitative estimate of drug-likeness (QED) is 0.262. The zero-order valence-electron chi connectivity index (χ0n) is 20.9.